The van der Waals surface area contributed by atoms with E-state index in [0.29, 0.717) is 36.5 Å². The molecule has 45 heavy (non-hydrogen) atoms. The third-order valence-corrected chi connectivity index (χ3v) is 10.5. The van der Waals surface area contributed by atoms with Crippen molar-refractivity contribution in [3.63, 3.8) is 0 Å². The van der Waals surface area contributed by atoms with Crippen molar-refractivity contribution >= 4 is 27.6 Å². The van der Waals surface area contributed by atoms with E-state index < -0.39 is 33.1 Å². The molecule has 1 saturated heterocycles. The fourth-order valence-electron chi connectivity index (χ4n) is 6.43. The zero-order valence-electron chi connectivity index (χ0n) is 25.5. The maximum Gasteiger partial charge on any atom is 0.394 e. The molecule has 3 aromatic rings. The van der Waals surface area contributed by atoms with Gasteiger partial charge in [0, 0.05) is 30.9 Å². The lowest BCUT2D eigenvalue weighted by molar-refractivity contribution is -0.215. The molecule has 2 aliphatic heterocycles. The second kappa shape index (κ2) is 10.6. The molecule has 2 atom stereocenters. The van der Waals surface area contributed by atoms with E-state index in [0.717, 1.165) is 33.1 Å². The number of amides is 1. The molecule has 2 N–H and O–H groups in total. The van der Waals surface area contributed by atoms with Gasteiger partial charge >= 0.3 is 6.18 Å². The zero-order chi connectivity index (χ0) is 32.4. The molecule has 1 aliphatic carbocycles. The van der Waals surface area contributed by atoms with Crippen LogP contribution in [-0.2, 0) is 10.0 Å². The molecule has 5 heterocycles. The number of hydrogen-bond acceptors (Lipinski definition) is 9. The number of rotatable bonds is 5. The predicted octanol–water partition coefficient (Wildman–Crippen LogP) is 4.95. The second-order valence-corrected chi connectivity index (χ2v) is 15.1. The highest BCUT2D eigenvalue weighted by atomic mass is 32.2. The Hall–Kier alpha value is -3.88. The first-order valence-electron chi connectivity index (χ1n) is 14.8. The monoisotopic (exact) mass is 647 g/mol. The Balaban J connectivity index is 1.33. The highest BCUT2D eigenvalue weighted by Gasteiger charge is 2.62. The number of halogens is 3. The van der Waals surface area contributed by atoms with Gasteiger partial charge in [-0.15, -0.1) is 5.10 Å². The minimum absolute atomic E-state index is 0.0368. The summed E-state index contributed by atoms with van der Waals surface area (Å²) >= 11 is 0. The summed E-state index contributed by atoms with van der Waals surface area (Å²) in [6, 6.07) is 9.15. The lowest BCUT2D eigenvalue weighted by Gasteiger charge is -2.33. The molecule has 242 valence electrons. The van der Waals surface area contributed by atoms with Crippen LogP contribution >= 0.6 is 0 Å². The van der Waals surface area contributed by atoms with E-state index >= 15 is 0 Å². The van der Waals surface area contributed by atoms with Gasteiger partial charge in [-0.1, -0.05) is 19.9 Å². The Morgan fingerprint density at radius 1 is 1.11 bits per heavy atom. The van der Waals surface area contributed by atoms with E-state index in [2.05, 4.69) is 38.9 Å². The molecule has 6 rings (SSSR count). The standard InChI is InChI=1S/C30H36F3N7O4S/c1-27(2,30(31,32)33)12-15-44-23-11-14-40(37-23)22-9-8-20-25(36-22)39-18-29(17-28(39,3)4)16-19(29)10-13-34-21-6-5-7-24(35-21)45(42,43)38-26(20)41/h5-9,11,14,19H,10,12-13,15-18H2,1-4H3,(H,34,35)(H,38,41). The van der Waals surface area contributed by atoms with Crippen molar-refractivity contribution in [2.45, 2.75) is 70.1 Å². The molecule has 1 spiro atoms. The van der Waals surface area contributed by atoms with Crippen LogP contribution in [0.1, 0.15) is 63.7 Å². The molecule has 0 aromatic carbocycles. The average Bonchev–Trinajstić information content (AvgIpc) is 3.25. The number of ether oxygens (including phenoxy) is 1. The summed E-state index contributed by atoms with van der Waals surface area (Å²) in [5.74, 6) is 0.781. The molecule has 1 amide bonds. The van der Waals surface area contributed by atoms with Gasteiger partial charge in [0.25, 0.3) is 15.9 Å². The fraction of sp³-hybridized carbons (Fsp3) is 0.533. The van der Waals surface area contributed by atoms with Crippen LogP contribution in [-0.4, -0.2) is 65.5 Å². The molecule has 2 unspecified atom stereocenters. The number of carbonyl (C=O) groups excluding carboxylic acids is 1. The second-order valence-electron chi connectivity index (χ2n) is 13.5. The van der Waals surface area contributed by atoms with Crippen LogP contribution < -0.4 is 19.7 Å². The van der Waals surface area contributed by atoms with Gasteiger partial charge < -0.3 is 15.0 Å². The van der Waals surface area contributed by atoms with E-state index in [1.165, 1.54) is 28.9 Å². The van der Waals surface area contributed by atoms with Gasteiger partial charge in [-0.3, -0.25) is 4.79 Å². The van der Waals surface area contributed by atoms with Gasteiger partial charge in [0.15, 0.2) is 10.8 Å². The summed E-state index contributed by atoms with van der Waals surface area (Å²) in [6.07, 6.45) is -0.257. The summed E-state index contributed by atoms with van der Waals surface area (Å²) in [7, 11) is -4.31. The Labute approximate surface area is 259 Å². The molecule has 2 fully saturated rings. The third kappa shape index (κ3) is 5.93. The molecule has 15 heteroatoms. The van der Waals surface area contributed by atoms with E-state index in [-0.39, 0.29) is 34.9 Å². The molecule has 3 aromatic heterocycles. The van der Waals surface area contributed by atoms with Gasteiger partial charge in [-0.2, -0.15) is 21.6 Å². The Bertz CT molecular complexity index is 1740. The lowest BCUT2D eigenvalue weighted by atomic mass is 9.89. The number of sulfonamides is 1. The normalized spacial score (nSPS) is 23.9. The number of alkyl halides is 3. The molecule has 0 radical (unpaired) electrons. The van der Waals surface area contributed by atoms with Crippen molar-refractivity contribution in [3.8, 4) is 11.7 Å². The summed E-state index contributed by atoms with van der Waals surface area (Å²) in [5, 5.41) is 7.28. The first-order valence-corrected chi connectivity index (χ1v) is 16.3. The van der Waals surface area contributed by atoms with Crippen molar-refractivity contribution in [3.05, 3.63) is 48.2 Å². The lowest BCUT2D eigenvalue weighted by Crippen LogP contribution is -2.41. The quantitative estimate of drug-likeness (QED) is 0.395. The minimum atomic E-state index is -4.36. The summed E-state index contributed by atoms with van der Waals surface area (Å²) in [4.78, 5) is 24.7. The van der Waals surface area contributed by atoms with Crippen molar-refractivity contribution in [2.75, 3.05) is 29.9 Å². The molecule has 1 saturated carbocycles. The topological polar surface area (TPSA) is 131 Å². The number of pyridine rings is 2. The number of aromatic nitrogens is 4. The first kappa shape index (κ1) is 31.1. The number of nitrogens with zero attached hydrogens (tertiary/aromatic N) is 5. The van der Waals surface area contributed by atoms with E-state index in [4.69, 9.17) is 9.72 Å². The van der Waals surface area contributed by atoms with E-state index in [1.807, 2.05) is 0 Å². The summed E-state index contributed by atoms with van der Waals surface area (Å²) < 4.78 is 75.2. The highest BCUT2D eigenvalue weighted by molar-refractivity contribution is 7.90. The van der Waals surface area contributed by atoms with Crippen LogP contribution in [0.3, 0.4) is 0 Å². The van der Waals surface area contributed by atoms with Gasteiger partial charge in [0.2, 0.25) is 5.88 Å². The third-order valence-electron chi connectivity index (χ3n) is 9.28. The van der Waals surface area contributed by atoms with Gasteiger partial charge in [-0.05, 0) is 75.1 Å². The Kier molecular flexibility index (Phi) is 7.33. The molecule has 11 nitrogen and oxygen atoms in total. The van der Waals surface area contributed by atoms with Crippen LogP contribution in [0.4, 0.5) is 24.8 Å². The van der Waals surface area contributed by atoms with Crippen molar-refractivity contribution in [1.29, 1.82) is 0 Å². The maximum atomic E-state index is 13.6. The molecule has 4 bridgehead atoms. The predicted molar refractivity (Wildman–Crippen MR) is 160 cm³/mol. The van der Waals surface area contributed by atoms with Crippen LogP contribution in [0.15, 0.2) is 47.6 Å². The molecular weight excluding hydrogens is 611 g/mol. The average molecular weight is 648 g/mol. The molecular formula is C30H36F3N7O4S. The number of fused-ring (bicyclic) bond motifs is 5. The Morgan fingerprint density at radius 2 is 1.89 bits per heavy atom. The largest absolute Gasteiger partial charge is 0.477 e. The van der Waals surface area contributed by atoms with Gasteiger partial charge in [0.05, 0.1) is 17.6 Å². The van der Waals surface area contributed by atoms with Crippen molar-refractivity contribution in [2.24, 2.45) is 16.7 Å². The fourth-order valence-corrected chi connectivity index (χ4v) is 7.37. The zero-order valence-corrected chi connectivity index (χ0v) is 26.3. The van der Waals surface area contributed by atoms with Crippen LogP contribution in [0.5, 0.6) is 5.88 Å². The van der Waals surface area contributed by atoms with E-state index in [9.17, 15) is 26.4 Å². The number of carbonyl (C=O) groups is 1. The summed E-state index contributed by atoms with van der Waals surface area (Å²) in [5.41, 5.74) is -2.20. The number of anilines is 2. The van der Waals surface area contributed by atoms with Crippen LogP contribution in [0.25, 0.3) is 5.82 Å². The first-order chi connectivity index (χ1) is 21.0. The molecule has 3 aliphatic rings. The van der Waals surface area contributed by atoms with Gasteiger partial charge in [0.1, 0.15) is 11.6 Å². The maximum absolute atomic E-state index is 13.6. The minimum Gasteiger partial charge on any atom is -0.477 e. The van der Waals surface area contributed by atoms with Crippen LogP contribution in [0, 0.1) is 16.7 Å². The SMILES string of the molecule is CC1(C)CC23CC2CCNc2cccc(n2)S(=O)(=O)NC(=O)c2ccc(-n4ccc(OCCC(C)(C)C(F)(F)F)n4)nc2N1C3. The summed E-state index contributed by atoms with van der Waals surface area (Å²) in [6.45, 7) is 7.50. The Morgan fingerprint density at radius 3 is 2.64 bits per heavy atom. The number of hydrogen-bond donors (Lipinski definition) is 2. The van der Waals surface area contributed by atoms with Crippen LogP contribution in [0.2, 0.25) is 0 Å². The smallest absolute Gasteiger partial charge is 0.394 e. The van der Waals surface area contributed by atoms with Gasteiger partial charge in [-0.25, -0.2) is 19.4 Å². The number of nitrogens with one attached hydrogen (secondary N) is 2. The van der Waals surface area contributed by atoms with Crippen molar-refractivity contribution < 1.29 is 31.1 Å². The highest BCUT2D eigenvalue weighted by Crippen LogP contribution is 2.64. The van der Waals surface area contributed by atoms with Crippen molar-refractivity contribution in [1.82, 2.24) is 24.5 Å². The van der Waals surface area contributed by atoms with E-state index in [1.54, 1.807) is 18.3 Å².